The van der Waals surface area contributed by atoms with E-state index in [2.05, 4.69) is 10.6 Å². The Kier molecular flexibility index (Phi) is 7.64. The molecule has 4 nitrogen and oxygen atoms in total. The van der Waals surface area contributed by atoms with Gasteiger partial charge < -0.3 is 15.4 Å². The van der Waals surface area contributed by atoms with Gasteiger partial charge in [-0.15, -0.1) is 0 Å². The van der Waals surface area contributed by atoms with E-state index in [0.29, 0.717) is 30.7 Å². The lowest BCUT2D eigenvalue weighted by atomic mass is 9.88. The molecule has 1 aliphatic heterocycles. The summed E-state index contributed by atoms with van der Waals surface area (Å²) < 4.78 is 20.4. The van der Waals surface area contributed by atoms with E-state index in [0.717, 1.165) is 24.2 Å². The van der Waals surface area contributed by atoms with E-state index < -0.39 is 0 Å². The molecule has 0 aliphatic carbocycles. The smallest absolute Gasteiger partial charge is 0.225 e. The molecular formula is C27H29FN2O2. The Hall–Kier alpha value is -3.02. The van der Waals surface area contributed by atoms with Crippen molar-refractivity contribution in [2.75, 3.05) is 25.0 Å². The fourth-order valence-corrected chi connectivity index (χ4v) is 4.23. The van der Waals surface area contributed by atoms with Crippen molar-refractivity contribution < 1.29 is 13.9 Å². The number of benzene rings is 3. The van der Waals surface area contributed by atoms with Gasteiger partial charge in [-0.3, -0.25) is 4.79 Å². The summed E-state index contributed by atoms with van der Waals surface area (Å²) >= 11 is 0. The van der Waals surface area contributed by atoms with E-state index in [-0.39, 0.29) is 30.2 Å². The molecule has 166 valence electrons. The number of nitrogens with one attached hydrogen (secondary N) is 2. The summed E-state index contributed by atoms with van der Waals surface area (Å²) in [4.78, 5) is 13.1. The normalized spacial score (nSPS) is 16.1. The van der Waals surface area contributed by atoms with E-state index in [1.807, 2.05) is 60.7 Å². The van der Waals surface area contributed by atoms with Gasteiger partial charge in [0.1, 0.15) is 5.82 Å². The average molecular weight is 433 g/mol. The molecule has 1 heterocycles. The highest BCUT2D eigenvalue weighted by Crippen LogP contribution is 2.29. The Balaban J connectivity index is 1.48. The van der Waals surface area contributed by atoms with E-state index in [9.17, 15) is 9.18 Å². The van der Waals surface area contributed by atoms with Crippen molar-refractivity contribution in [3.05, 3.63) is 101 Å². The highest BCUT2D eigenvalue weighted by Gasteiger charge is 2.20. The molecule has 1 aliphatic rings. The summed E-state index contributed by atoms with van der Waals surface area (Å²) in [6.45, 7) is 2.29. The van der Waals surface area contributed by atoms with Gasteiger partial charge in [0, 0.05) is 36.7 Å². The van der Waals surface area contributed by atoms with Crippen molar-refractivity contribution in [3.63, 3.8) is 0 Å². The number of carbonyl (C=O) groups is 1. The van der Waals surface area contributed by atoms with Crippen LogP contribution in [0, 0.1) is 5.82 Å². The molecule has 5 heteroatoms. The molecule has 0 radical (unpaired) electrons. The third kappa shape index (κ3) is 5.81. The Labute approximate surface area is 188 Å². The number of rotatable bonds is 8. The van der Waals surface area contributed by atoms with E-state index in [4.69, 9.17) is 4.74 Å². The predicted octanol–water partition coefficient (Wildman–Crippen LogP) is 4.91. The summed E-state index contributed by atoms with van der Waals surface area (Å²) in [5, 5.41) is 6.27. The molecule has 32 heavy (non-hydrogen) atoms. The van der Waals surface area contributed by atoms with Crippen LogP contribution in [0.5, 0.6) is 0 Å². The number of anilines is 1. The molecule has 2 N–H and O–H groups in total. The minimum Gasteiger partial charge on any atom is -0.376 e. The van der Waals surface area contributed by atoms with Gasteiger partial charge in [-0.2, -0.15) is 0 Å². The first-order valence-corrected chi connectivity index (χ1v) is 11.2. The molecule has 3 aromatic rings. The maximum Gasteiger partial charge on any atom is 0.225 e. The molecule has 4 rings (SSSR count). The zero-order valence-electron chi connectivity index (χ0n) is 18.1. The third-order valence-corrected chi connectivity index (χ3v) is 5.91. The topological polar surface area (TPSA) is 50.4 Å². The molecular weight excluding hydrogens is 403 g/mol. The Morgan fingerprint density at radius 3 is 2.31 bits per heavy atom. The van der Waals surface area contributed by atoms with Gasteiger partial charge in [0.25, 0.3) is 0 Å². The lowest BCUT2D eigenvalue weighted by molar-refractivity contribution is -0.116. The van der Waals surface area contributed by atoms with Gasteiger partial charge in [0.15, 0.2) is 0 Å². The molecule has 0 unspecified atom stereocenters. The maximum absolute atomic E-state index is 14.6. The maximum atomic E-state index is 14.6. The number of hydrogen-bond acceptors (Lipinski definition) is 3. The van der Waals surface area contributed by atoms with Crippen LogP contribution in [0.1, 0.15) is 35.4 Å². The van der Waals surface area contributed by atoms with Crippen LogP contribution in [0.4, 0.5) is 10.1 Å². The van der Waals surface area contributed by atoms with Crippen molar-refractivity contribution >= 4 is 11.6 Å². The van der Waals surface area contributed by atoms with Crippen LogP contribution in [0.3, 0.4) is 0 Å². The van der Waals surface area contributed by atoms with Gasteiger partial charge in [-0.1, -0.05) is 66.7 Å². The molecule has 0 aromatic heterocycles. The first-order valence-electron chi connectivity index (χ1n) is 11.2. The van der Waals surface area contributed by atoms with E-state index in [1.54, 1.807) is 12.1 Å². The van der Waals surface area contributed by atoms with Crippen molar-refractivity contribution in [1.29, 1.82) is 0 Å². The first kappa shape index (κ1) is 22.2. The van der Waals surface area contributed by atoms with E-state index >= 15 is 0 Å². The summed E-state index contributed by atoms with van der Waals surface area (Å²) in [5.74, 6) is -0.504. The highest BCUT2D eigenvalue weighted by atomic mass is 19.1. The second-order valence-corrected chi connectivity index (χ2v) is 8.13. The van der Waals surface area contributed by atoms with Crippen molar-refractivity contribution in [2.45, 2.75) is 31.3 Å². The summed E-state index contributed by atoms with van der Waals surface area (Å²) in [7, 11) is 0. The van der Waals surface area contributed by atoms with Gasteiger partial charge >= 0.3 is 0 Å². The number of carbonyl (C=O) groups excluding carboxylic acids is 1. The molecule has 0 spiro atoms. The number of amides is 1. The predicted molar refractivity (Wildman–Crippen MR) is 125 cm³/mol. The number of hydrogen-bond donors (Lipinski definition) is 2. The zero-order chi connectivity index (χ0) is 22.2. The number of morpholine rings is 1. The number of halogens is 1. The van der Waals surface area contributed by atoms with Crippen LogP contribution >= 0.6 is 0 Å². The molecule has 1 fully saturated rings. The average Bonchev–Trinajstić information content (AvgIpc) is 2.84. The third-order valence-electron chi connectivity index (χ3n) is 5.91. The Bertz CT molecular complexity index is 965. The van der Waals surface area contributed by atoms with Gasteiger partial charge in [0.05, 0.1) is 12.7 Å². The monoisotopic (exact) mass is 432 g/mol. The second kappa shape index (κ2) is 11.0. The highest BCUT2D eigenvalue weighted by molar-refractivity contribution is 5.92. The first-order chi connectivity index (χ1) is 15.7. The van der Waals surface area contributed by atoms with Crippen molar-refractivity contribution in [2.24, 2.45) is 0 Å². The van der Waals surface area contributed by atoms with Crippen LogP contribution in [0.15, 0.2) is 78.9 Å². The molecule has 1 atom stereocenters. The summed E-state index contributed by atoms with van der Waals surface area (Å²) in [6, 6.07) is 24.9. The fraction of sp³-hybridized carbons (Fsp3) is 0.296. The van der Waals surface area contributed by atoms with Gasteiger partial charge in [-0.05, 0) is 36.1 Å². The van der Waals surface area contributed by atoms with Crippen LogP contribution in [-0.4, -0.2) is 31.7 Å². The van der Waals surface area contributed by atoms with E-state index in [1.165, 1.54) is 6.07 Å². The summed E-state index contributed by atoms with van der Waals surface area (Å²) in [6.07, 6.45) is 1.55. The number of ether oxygens (including phenoxy) is 1. The van der Waals surface area contributed by atoms with Crippen LogP contribution < -0.4 is 10.6 Å². The standard InChI is InChI=1S/C27H29FN2O2/c28-25-12-7-13-26(23(25)15-14-22-19-29-16-17-32-22)30-27(31)18-24(20-8-3-1-4-9-20)21-10-5-2-6-11-21/h1-13,22,24,29H,14-19H2,(H,30,31)/t22-/m1/s1. The quantitative estimate of drug-likeness (QED) is 0.532. The van der Waals surface area contributed by atoms with Crippen LogP contribution in [0.2, 0.25) is 0 Å². The van der Waals surface area contributed by atoms with Crippen LogP contribution in [0.25, 0.3) is 0 Å². The molecule has 0 bridgehead atoms. The Morgan fingerprint density at radius 2 is 1.69 bits per heavy atom. The molecule has 1 amide bonds. The second-order valence-electron chi connectivity index (χ2n) is 8.13. The molecule has 0 saturated carbocycles. The minimum absolute atomic E-state index is 0.0625. The Morgan fingerprint density at radius 1 is 1.00 bits per heavy atom. The lowest BCUT2D eigenvalue weighted by Crippen LogP contribution is -2.38. The SMILES string of the molecule is O=C(CC(c1ccccc1)c1ccccc1)Nc1cccc(F)c1CC[C@@H]1CNCCO1. The fourth-order valence-electron chi connectivity index (χ4n) is 4.23. The largest absolute Gasteiger partial charge is 0.376 e. The lowest BCUT2D eigenvalue weighted by Gasteiger charge is -2.24. The molecule has 1 saturated heterocycles. The van der Waals surface area contributed by atoms with Crippen molar-refractivity contribution in [1.82, 2.24) is 5.32 Å². The van der Waals surface area contributed by atoms with Crippen molar-refractivity contribution in [3.8, 4) is 0 Å². The van der Waals surface area contributed by atoms with Gasteiger partial charge in [0.2, 0.25) is 5.91 Å². The zero-order valence-corrected chi connectivity index (χ0v) is 18.1. The minimum atomic E-state index is -0.297. The summed E-state index contributed by atoms with van der Waals surface area (Å²) in [5.41, 5.74) is 3.23. The van der Waals surface area contributed by atoms with Crippen LogP contribution in [-0.2, 0) is 16.0 Å². The van der Waals surface area contributed by atoms with Gasteiger partial charge in [-0.25, -0.2) is 4.39 Å². The molecule has 3 aromatic carbocycles.